The Bertz CT molecular complexity index is 830. The molecule has 3 rings (SSSR count). The van der Waals surface area contributed by atoms with E-state index < -0.39 is 11.7 Å². The number of amides is 1. The first-order chi connectivity index (χ1) is 12.3. The van der Waals surface area contributed by atoms with Crippen molar-refractivity contribution >= 4 is 16.9 Å². The summed E-state index contributed by atoms with van der Waals surface area (Å²) >= 11 is 0. The zero-order valence-corrected chi connectivity index (χ0v) is 14.9. The van der Waals surface area contributed by atoms with E-state index in [4.69, 9.17) is 0 Å². The van der Waals surface area contributed by atoms with Crippen molar-refractivity contribution in [1.29, 1.82) is 0 Å². The maximum atomic E-state index is 12.8. The second-order valence-corrected chi connectivity index (χ2v) is 6.67. The molecule has 1 aliphatic heterocycles. The van der Waals surface area contributed by atoms with Gasteiger partial charge in [0, 0.05) is 24.7 Å². The van der Waals surface area contributed by atoms with Gasteiger partial charge in [0.1, 0.15) is 0 Å². The summed E-state index contributed by atoms with van der Waals surface area (Å²) in [6.45, 7) is 5.11. The number of hydrogen-bond acceptors (Lipinski definition) is 2. The number of benzene rings is 1. The van der Waals surface area contributed by atoms with Gasteiger partial charge in [0.15, 0.2) is 0 Å². The molecule has 1 aliphatic rings. The fourth-order valence-corrected chi connectivity index (χ4v) is 3.49. The van der Waals surface area contributed by atoms with Crippen LogP contribution in [-0.4, -0.2) is 33.4 Å². The molecule has 4 nitrogen and oxygen atoms in total. The van der Waals surface area contributed by atoms with Crippen LogP contribution in [0.15, 0.2) is 36.2 Å². The van der Waals surface area contributed by atoms with Gasteiger partial charge in [0.2, 0.25) is 5.91 Å². The van der Waals surface area contributed by atoms with Crippen LogP contribution in [0.5, 0.6) is 0 Å². The number of allylic oxidation sites excluding steroid dienone is 1. The Morgan fingerprint density at radius 3 is 2.62 bits per heavy atom. The Morgan fingerprint density at radius 2 is 2.00 bits per heavy atom. The molecule has 2 aromatic rings. The Morgan fingerprint density at radius 1 is 1.31 bits per heavy atom. The molecule has 0 N–H and O–H groups in total. The molecule has 1 fully saturated rings. The number of fused-ring (bicyclic) bond motifs is 1. The van der Waals surface area contributed by atoms with Gasteiger partial charge in [-0.05, 0) is 44.4 Å². The van der Waals surface area contributed by atoms with Crippen LogP contribution in [0.4, 0.5) is 13.2 Å². The molecule has 0 aliphatic carbocycles. The third-order valence-corrected chi connectivity index (χ3v) is 4.89. The topological polar surface area (TPSA) is 38.1 Å². The monoisotopic (exact) mass is 365 g/mol. The lowest BCUT2D eigenvalue weighted by Gasteiger charge is -2.33. The van der Waals surface area contributed by atoms with Gasteiger partial charge in [0.05, 0.1) is 22.9 Å². The number of hydrogen-bond donors (Lipinski definition) is 0. The van der Waals surface area contributed by atoms with E-state index in [1.165, 1.54) is 6.07 Å². The third kappa shape index (κ3) is 3.61. The molecule has 140 valence electrons. The number of imidazole rings is 1. The van der Waals surface area contributed by atoms with Crippen LogP contribution in [-0.2, 0) is 11.0 Å². The first-order valence-electron chi connectivity index (χ1n) is 8.81. The Hall–Kier alpha value is -2.31. The first kappa shape index (κ1) is 18.5. The van der Waals surface area contributed by atoms with Crippen molar-refractivity contribution in [2.24, 2.45) is 0 Å². The predicted molar refractivity (Wildman–Crippen MR) is 93.6 cm³/mol. The normalized spacial score (nSPS) is 17.1. The van der Waals surface area contributed by atoms with Crippen LogP contribution < -0.4 is 0 Å². The van der Waals surface area contributed by atoms with Crippen molar-refractivity contribution in [1.82, 2.24) is 14.5 Å². The summed E-state index contributed by atoms with van der Waals surface area (Å²) in [6, 6.07) is 3.80. The zero-order chi connectivity index (χ0) is 18.9. The maximum absolute atomic E-state index is 12.8. The van der Waals surface area contributed by atoms with Crippen molar-refractivity contribution in [2.75, 3.05) is 13.1 Å². The minimum Gasteiger partial charge on any atom is -0.339 e. The number of nitrogens with zero attached hydrogens (tertiary/aromatic N) is 3. The van der Waals surface area contributed by atoms with E-state index in [0.29, 0.717) is 24.1 Å². The first-order valence-corrected chi connectivity index (χ1v) is 8.81. The molecule has 0 spiro atoms. The number of rotatable bonds is 3. The number of piperidine rings is 1. The third-order valence-electron chi connectivity index (χ3n) is 4.89. The molecule has 1 aromatic heterocycles. The molecule has 0 unspecified atom stereocenters. The molecule has 2 heterocycles. The Labute approximate surface area is 150 Å². The van der Waals surface area contributed by atoms with E-state index in [-0.39, 0.29) is 11.9 Å². The van der Waals surface area contributed by atoms with E-state index >= 15 is 0 Å². The second kappa shape index (κ2) is 7.13. The number of carbonyl (C=O) groups is 1. The molecule has 0 radical (unpaired) electrons. The molecule has 0 bridgehead atoms. The molecule has 1 saturated heterocycles. The van der Waals surface area contributed by atoms with E-state index in [1.807, 2.05) is 29.4 Å². The fourth-order valence-electron chi connectivity index (χ4n) is 3.49. The maximum Gasteiger partial charge on any atom is 0.416 e. The standard InChI is InChI=1S/C19H22F3N3O/c1-3-4-13(2)18(26)24-9-7-15(8-10-24)25-12-23-16-11-14(19(20,21)22)5-6-17(16)25/h4-6,11-12,15H,3,7-10H2,1-2H3/b13-4+. The quantitative estimate of drug-likeness (QED) is 0.747. The number of likely N-dealkylation sites (tertiary alicyclic amines) is 1. The minimum absolute atomic E-state index is 0.0654. The van der Waals surface area contributed by atoms with Gasteiger partial charge < -0.3 is 9.47 Å². The summed E-state index contributed by atoms with van der Waals surface area (Å²) in [5.41, 5.74) is 1.12. The van der Waals surface area contributed by atoms with Crippen LogP contribution in [0.3, 0.4) is 0 Å². The zero-order valence-electron chi connectivity index (χ0n) is 14.9. The van der Waals surface area contributed by atoms with E-state index in [1.54, 1.807) is 6.33 Å². The molecular formula is C19H22F3N3O. The average Bonchev–Trinajstić information content (AvgIpc) is 3.04. The molecular weight excluding hydrogens is 343 g/mol. The van der Waals surface area contributed by atoms with Crippen LogP contribution >= 0.6 is 0 Å². The van der Waals surface area contributed by atoms with Gasteiger partial charge >= 0.3 is 6.18 Å². The summed E-state index contributed by atoms with van der Waals surface area (Å²) in [5.74, 6) is 0.0654. The number of aromatic nitrogens is 2. The van der Waals surface area contributed by atoms with Gasteiger partial charge in [-0.15, -0.1) is 0 Å². The van der Waals surface area contributed by atoms with Crippen molar-refractivity contribution in [3.05, 3.63) is 41.7 Å². The lowest BCUT2D eigenvalue weighted by Crippen LogP contribution is -2.39. The lowest BCUT2D eigenvalue weighted by atomic mass is 10.0. The van der Waals surface area contributed by atoms with Gasteiger partial charge in [0.25, 0.3) is 0 Å². The Kier molecular flexibility index (Phi) is 5.07. The highest BCUT2D eigenvalue weighted by atomic mass is 19.4. The molecule has 1 aromatic carbocycles. The fraction of sp³-hybridized carbons (Fsp3) is 0.474. The predicted octanol–water partition coefficient (Wildman–Crippen LogP) is 4.57. The van der Waals surface area contributed by atoms with Gasteiger partial charge in [-0.3, -0.25) is 4.79 Å². The van der Waals surface area contributed by atoms with Crippen LogP contribution in [0.2, 0.25) is 0 Å². The molecule has 0 saturated carbocycles. The summed E-state index contributed by atoms with van der Waals surface area (Å²) in [6.07, 6.45) is 1.52. The van der Waals surface area contributed by atoms with E-state index in [9.17, 15) is 18.0 Å². The summed E-state index contributed by atoms with van der Waals surface area (Å²) < 4.78 is 40.5. The van der Waals surface area contributed by atoms with Crippen LogP contribution in [0, 0.1) is 0 Å². The van der Waals surface area contributed by atoms with Gasteiger partial charge in [-0.25, -0.2) is 4.98 Å². The highest BCUT2D eigenvalue weighted by Gasteiger charge is 2.31. The van der Waals surface area contributed by atoms with Crippen molar-refractivity contribution in [3.8, 4) is 0 Å². The molecule has 0 atom stereocenters. The van der Waals surface area contributed by atoms with E-state index in [2.05, 4.69) is 4.98 Å². The summed E-state index contributed by atoms with van der Waals surface area (Å²) in [7, 11) is 0. The van der Waals surface area contributed by atoms with Crippen molar-refractivity contribution < 1.29 is 18.0 Å². The number of halogens is 3. The Balaban J connectivity index is 1.74. The highest BCUT2D eigenvalue weighted by Crippen LogP contribution is 2.33. The van der Waals surface area contributed by atoms with E-state index in [0.717, 1.165) is 37.0 Å². The van der Waals surface area contributed by atoms with Gasteiger partial charge in [-0.1, -0.05) is 13.0 Å². The highest BCUT2D eigenvalue weighted by molar-refractivity contribution is 5.92. The largest absolute Gasteiger partial charge is 0.416 e. The smallest absolute Gasteiger partial charge is 0.339 e. The lowest BCUT2D eigenvalue weighted by molar-refractivity contribution is -0.137. The molecule has 26 heavy (non-hydrogen) atoms. The van der Waals surface area contributed by atoms with Gasteiger partial charge in [-0.2, -0.15) is 13.2 Å². The summed E-state index contributed by atoms with van der Waals surface area (Å²) in [5, 5.41) is 0. The SMILES string of the molecule is CC/C=C(\C)C(=O)N1CCC(n2cnc3cc(C(F)(F)F)ccc32)CC1. The van der Waals surface area contributed by atoms with Crippen molar-refractivity contribution in [2.45, 2.75) is 45.3 Å². The van der Waals surface area contributed by atoms with Crippen molar-refractivity contribution in [3.63, 3.8) is 0 Å². The molecule has 1 amide bonds. The van der Waals surface area contributed by atoms with Crippen LogP contribution in [0.1, 0.15) is 44.7 Å². The minimum atomic E-state index is -4.37. The van der Waals surface area contributed by atoms with Crippen LogP contribution in [0.25, 0.3) is 11.0 Å². The number of carbonyl (C=O) groups excluding carboxylic acids is 1. The second-order valence-electron chi connectivity index (χ2n) is 6.67. The molecule has 7 heteroatoms. The number of alkyl halides is 3. The average molecular weight is 365 g/mol. The summed E-state index contributed by atoms with van der Waals surface area (Å²) in [4.78, 5) is 18.4.